The van der Waals surface area contributed by atoms with Crippen molar-refractivity contribution < 1.29 is 14.3 Å². The van der Waals surface area contributed by atoms with E-state index in [0.29, 0.717) is 10.7 Å². The summed E-state index contributed by atoms with van der Waals surface area (Å²) in [6.45, 7) is 1.30. The lowest BCUT2D eigenvalue weighted by Crippen LogP contribution is -2.35. The van der Waals surface area contributed by atoms with Crippen LogP contribution < -0.4 is 5.32 Å². The molecule has 0 heterocycles. The molecule has 1 aromatic carbocycles. The molecule has 1 amide bonds. The van der Waals surface area contributed by atoms with Crippen molar-refractivity contribution in [2.24, 2.45) is 0 Å². The number of amides is 1. The lowest BCUT2D eigenvalue weighted by atomic mass is 10.2. The first kappa shape index (κ1) is 12.7. The summed E-state index contributed by atoms with van der Waals surface area (Å²) in [5.74, 6) is -0.848. The number of hydrogen-bond acceptors (Lipinski definition) is 3. The smallest absolute Gasteiger partial charge is 0.261 e. The summed E-state index contributed by atoms with van der Waals surface area (Å²) < 4.78 is 4.78. The molecular formula is C11H12ClNO3. The van der Waals surface area contributed by atoms with Crippen LogP contribution in [0.15, 0.2) is 24.3 Å². The van der Waals surface area contributed by atoms with E-state index >= 15 is 0 Å². The van der Waals surface area contributed by atoms with Crippen LogP contribution in [-0.2, 0) is 14.3 Å². The molecule has 0 aromatic heterocycles. The van der Waals surface area contributed by atoms with Crippen molar-refractivity contribution in [2.75, 3.05) is 12.4 Å². The maximum atomic E-state index is 11.6. The first-order valence-corrected chi connectivity index (χ1v) is 5.02. The second kappa shape index (κ2) is 5.63. The first-order chi connectivity index (χ1) is 7.54. The normalized spacial score (nSPS) is 11.9. The number of halogens is 1. The van der Waals surface area contributed by atoms with Gasteiger partial charge in [-0.05, 0) is 25.1 Å². The molecule has 1 N–H and O–H groups in total. The third-order valence-corrected chi connectivity index (χ3v) is 2.17. The van der Waals surface area contributed by atoms with Crippen LogP contribution in [0.25, 0.3) is 0 Å². The van der Waals surface area contributed by atoms with Crippen LogP contribution >= 0.6 is 11.6 Å². The average molecular weight is 242 g/mol. The van der Waals surface area contributed by atoms with Crippen molar-refractivity contribution in [3.05, 3.63) is 29.3 Å². The molecule has 0 aliphatic carbocycles. The first-order valence-electron chi connectivity index (χ1n) is 4.64. The molecule has 0 saturated carbocycles. The van der Waals surface area contributed by atoms with Crippen molar-refractivity contribution in [1.29, 1.82) is 0 Å². The molecule has 1 atom stereocenters. The van der Waals surface area contributed by atoms with Gasteiger partial charge in [0.2, 0.25) is 0 Å². The Labute approximate surface area is 98.5 Å². The van der Waals surface area contributed by atoms with Gasteiger partial charge in [0.25, 0.3) is 5.91 Å². The number of hydrogen-bond donors (Lipinski definition) is 1. The summed E-state index contributed by atoms with van der Waals surface area (Å²) in [5.41, 5.74) is 0.529. The van der Waals surface area contributed by atoms with Crippen molar-refractivity contribution in [3.8, 4) is 0 Å². The Hall–Kier alpha value is -1.39. The van der Waals surface area contributed by atoms with Gasteiger partial charge in [0.15, 0.2) is 11.9 Å². The lowest BCUT2D eigenvalue weighted by Gasteiger charge is -2.12. The molecule has 16 heavy (non-hydrogen) atoms. The van der Waals surface area contributed by atoms with Crippen molar-refractivity contribution in [3.63, 3.8) is 0 Å². The van der Waals surface area contributed by atoms with Crippen molar-refractivity contribution >= 4 is 29.0 Å². The van der Waals surface area contributed by atoms with Gasteiger partial charge < -0.3 is 10.1 Å². The summed E-state index contributed by atoms with van der Waals surface area (Å²) in [5, 5.41) is 3.05. The SMILES string of the molecule is COC(C(C)=O)C(=O)Nc1cccc(Cl)c1. The number of ether oxygens (including phenoxy) is 1. The second-order valence-electron chi connectivity index (χ2n) is 3.23. The third-order valence-electron chi connectivity index (χ3n) is 1.94. The minimum Gasteiger partial charge on any atom is -0.364 e. The largest absolute Gasteiger partial charge is 0.364 e. The number of carbonyl (C=O) groups excluding carboxylic acids is 2. The van der Waals surface area contributed by atoms with Gasteiger partial charge in [-0.3, -0.25) is 9.59 Å². The fourth-order valence-electron chi connectivity index (χ4n) is 1.23. The van der Waals surface area contributed by atoms with E-state index < -0.39 is 12.0 Å². The van der Waals surface area contributed by atoms with Crippen LogP contribution in [0.4, 0.5) is 5.69 Å². The van der Waals surface area contributed by atoms with Gasteiger partial charge in [0.05, 0.1) is 0 Å². The fraction of sp³-hybridized carbons (Fsp3) is 0.273. The Bertz CT molecular complexity index is 406. The van der Waals surface area contributed by atoms with Crippen molar-refractivity contribution in [1.82, 2.24) is 0 Å². The molecule has 0 fully saturated rings. The highest BCUT2D eigenvalue weighted by molar-refractivity contribution is 6.30. The number of carbonyl (C=O) groups is 2. The predicted octanol–water partition coefficient (Wildman–Crippen LogP) is 1.88. The van der Waals surface area contributed by atoms with E-state index in [1.54, 1.807) is 24.3 Å². The van der Waals surface area contributed by atoms with Gasteiger partial charge >= 0.3 is 0 Å². The van der Waals surface area contributed by atoms with E-state index in [0.717, 1.165) is 0 Å². The number of methoxy groups -OCH3 is 1. The number of ketones is 1. The molecular weight excluding hydrogens is 230 g/mol. The highest BCUT2D eigenvalue weighted by Crippen LogP contribution is 2.15. The quantitative estimate of drug-likeness (QED) is 0.819. The number of Topliss-reactive ketones (excluding diaryl/α,β-unsaturated/α-hetero) is 1. The zero-order valence-electron chi connectivity index (χ0n) is 8.99. The molecule has 0 aliphatic rings. The number of anilines is 1. The third kappa shape index (κ3) is 3.32. The molecule has 5 heteroatoms. The van der Waals surface area contributed by atoms with Gasteiger partial charge in [-0.1, -0.05) is 17.7 Å². The Kier molecular flexibility index (Phi) is 4.46. The van der Waals surface area contributed by atoms with Gasteiger partial charge in [-0.25, -0.2) is 0 Å². The Morgan fingerprint density at radius 2 is 2.12 bits per heavy atom. The van der Waals surface area contributed by atoms with E-state index in [4.69, 9.17) is 16.3 Å². The Morgan fingerprint density at radius 3 is 2.62 bits per heavy atom. The second-order valence-corrected chi connectivity index (χ2v) is 3.66. The van der Waals surface area contributed by atoms with Crippen LogP contribution in [0, 0.1) is 0 Å². The zero-order chi connectivity index (χ0) is 12.1. The standard InChI is InChI=1S/C11H12ClNO3/c1-7(14)10(16-2)11(15)13-9-5-3-4-8(12)6-9/h3-6,10H,1-2H3,(H,13,15). The maximum Gasteiger partial charge on any atom is 0.261 e. The van der Waals surface area contributed by atoms with E-state index in [1.807, 2.05) is 0 Å². The molecule has 0 saturated heterocycles. The minimum atomic E-state index is -1.08. The van der Waals surface area contributed by atoms with Crippen molar-refractivity contribution in [2.45, 2.75) is 13.0 Å². The maximum absolute atomic E-state index is 11.6. The van der Waals surface area contributed by atoms with E-state index in [1.165, 1.54) is 14.0 Å². The zero-order valence-corrected chi connectivity index (χ0v) is 9.75. The lowest BCUT2D eigenvalue weighted by molar-refractivity contribution is -0.137. The van der Waals surface area contributed by atoms with E-state index in [2.05, 4.69) is 5.32 Å². The van der Waals surface area contributed by atoms with Crippen LogP contribution in [0.5, 0.6) is 0 Å². The van der Waals surface area contributed by atoms with Gasteiger partial charge in [-0.2, -0.15) is 0 Å². The van der Waals surface area contributed by atoms with Gasteiger partial charge in [0, 0.05) is 17.8 Å². The van der Waals surface area contributed by atoms with Crippen LogP contribution in [0.2, 0.25) is 5.02 Å². The van der Waals surface area contributed by atoms with Crippen LogP contribution in [0.1, 0.15) is 6.92 Å². The summed E-state index contributed by atoms with van der Waals surface area (Å²) in [6, 6.07) is 6.66. The van der Waals surface area contributed by atoms with Gasteiger partial charge in [0.1, 0.15) is 0 Å². The summed E-state index contributed by atoms with van der Waals surface area (Å²) in [6.07, 6.45) is -1.08. The predicted molar refractivity (Wildman–Crippen MR) is 61.6 cm³/mol. The highest BCUT2D eigenvalue weighted by atomic mass is 35.5. The molecule has 0 aliphatic heterocycles. The summed E-state index contributed by atoms with van der Waals surface area (Å²) in [4.78, 5) is 22.7. The fourth-order valence-corrected chi connectivity index (χ4v) is 1.42. The average Bonchev–Trinajstić information content (AvgIpc) is 2.17. The van der Waals surface area contributed by atoms with Gasteiger partial charge in [-0.15, -0.1) is 0 Å². The topological polar surface area (TPSA) is 55.4 Å². The molecule has 0 bridgehead atoms. The monoisotopic (exact) mass is 241 g/mol. The van der Waals surface area contributed by atoms with E-state index in [-0.39, 0.29) is 5.78 Å². The molecule has 1 aromatic rings. The van der Waals surface area contributed by atoms with E-state index in [9.17, 15) is 9.59 Å². The number of rotatable bonds is 4. The number of nitrogens with one attached hydrogen (secondary N) is 1. The molecule has 86 valence electrons. The molecule has 0 spiro atoms. The summed E-state index contributed by atoms with van der Waals surface area (Å²) >= 11 is 5.75. The number of benzene rings is 1. The molecule has 4 nitrogen and oxygen atoms in total. The highest BCUT2D eigenvalue weighted by Gasteiger charge is 2.22. The Morgan fingerprint density at radius 1 is 1.44 bits per heavy atom. The summed E-state index contributed by atoms with van der Waals surface area (Å²) in [7, 11) is 1.31. The van der Waals surface area contributed by atoms with Crippen LogP contribution in [0.3, 0.4) is 0 Å². The molecule has 1 unspecified atom stereocenters. The molecule has 1 rings (SSSR count). The van der Waals surface area contributed by atoms with Crippen LogP contribution in [-0.4, -0.2) is 24.9 Å². The Balaban J connectivity index is 2.74. The minimum absolute atomic E-state index is 0.345. The molecule has 0 radical (unpaired) electrons.